The van der Waals surface area contributed by atoms with E-state index in [1.165, 1.54) is 6.42 Å². The topological polar surface area (TPSA) is 38.5 Å². The van der Waals surface area contributed by atoms with Gasteiger partial charge in [-0.3, -0.25) is 4.90 Å². The number of nitrogens with two attached hydrogens (primary N) is 1. The monoisotopic (exact) mass is 184 g/mol. The second kappa shape index (κ2) is 3.23. The van der Waals surface area contributed by atoms with Gasteiger partial charge in [-0.1, -0.05) is 13.8 Å². The molecule has 2 N–H and O–H groups in total. The smallest absolute Gasteiger partial charge is 0.0622 e. The van der Waals surface area contributed by atoms with Crippen molar-refractivity contribution in [3.63, 3.8) is 0 Å². The first-order chi connectivity index (χ1) is 6.12. The predicted octanol–water partition coefficient (Wildman–Crippen LogP) is 0.444. The van der Waals surface area contributed by atoms with Gasteiger partial charge in [0.2, 0.25) is 0 Å². The molecule has 1 unspecified atom stereocenters. The van der Waals surface area contributed by atoms with Crippen LogP contribution < -0.4 is 5.73 Å². The number of nitrogens with zero attached hydrogens (tertiary/aromatic N) is 1. The van der Waals surface area contributed by atoms with Gasteiger partial charge in [-0.25, -0.2) is 0 Å². The fourth-order valence-corrected chi connectivity index (χ4v) is 2.14. The Labute approximate surface area is 80.2 Å². The second-order valence-electron chi connectivity index (χ2n) is 4.81. The fourth-order valence-electron chi connectivity index (χ4n) is 2.14. The molecule has 0 radical (unpaired) electrons. The van der Waals surface area contributed by atoms with E-state index in [1.807, 2.05) is 0 Å². The van der Waals surface area contributed by atoms with Crippen LogP contribution in [0.2, 0.25) is 0 Å². The Morgan fingerprint density at radius 1 is 1.46 bits per heavy atom. The van der Waals surface area contributed by atoms with E-state index in [0.29, 0.717) is 12.0 Å². The van der Waals surface area contributed by atoms with E-state index < -0.39 is 0 Å². The lowest BCUT2D eigenvalue weighted by Crippen LogP contribution is -2.71. The number of hydrogen-bond donors (Lipinski definition) is 1. The highest BCUT2D eigenvalue weighted by Gasteiger charge is 2.45. The lowest BCUT2D eigenvalue weighted by atomic mass is 9.79. The predicted molar refractivity (Wildman–Crippen MR) is 52.6 cm³/mol. The Morgan fingerprint density at radius 3 is 2.62 bits per heavy atom. The minimum Gasteiger partial charge on any atom is -0.380 e. The average molecular weight is 184 g/mol. The van der Waals surface area contributed by atoms with E-state index in [0.717, 1.165) is 26.3 Å². The molecule has 2 heterocycles. The van der Waals surface area contributed by atoms with Gasteiger partial charge < -0.3 is 10.5 Å². The second-order valence-corrected chi connectivity index (χ2v) is 4.81. The number of hydrogen-bond acceptors (Lipinski definition) is 3. The Balaban J connectivity index is 1.83. The highest BCUT2D eigenvalue weighted by Crippen LogP contribution is 2.29. The summed E-state index contributed by atoms with van der Waals surface area (Å²) in [6, 6.07) is 0.649. The van der Waals surface area contributed by atoms with Gasteiger partial charge in [-0.05, 0) is 12.3 Å². The highest BCUT2D eigenvalue weighted by atomic mass is 16.5. The van der Waals surface area contributed by atoms with Crippen LogP contribution in [0.4, 0.5) is 0 Å². The van der Waals surface area contributed by atoms with Crippen LogP contribution in [0.1, 0.15) is 20.3 Å². The molecule has 0 bridgehead atoms. The summed E-state index contributed by atoms with van der Waals surface area (Å²) in [5.41, 5.74) is 6.29. The number of rotatable bonds is 2. The maximum absolute atomic E-state index is 6.22. The van der Waals surface area contributed by atoms with Gasteiger partial charge in [0.05, 0.1) is 6.61 Å². The van der Waals surface area contributed by atoms with Crippen molar-refractivity contribution >= 4 is 0 Å². The molecule has 0 aliphatic carbocycles. The SMILES string of the molecule is CC(C)C1(N)CN(C2CCOC2)C1. The normalized spacial score (nSPS) is 33.7. The fraction of sp³-hybridized carbons (Fsp3) is 1.00. The van der Waals surface area contributed by atoms with E-state index in [4.69, 9.17) is 10.5 Å². The van der Waals surface area contributed by atoms with E-state index in [1.54, 1.807) is 0 Å². The first-order valence-electron chi connectivity index (χ1n) is 5.22. The van der Waals surface area contributed by atoms with Crippen molar-refractivity contribution < 1.29 is 4.74 Å². The average Bonchev–Trinajstić information content (AvgIpc) is 2.49. The van der Waals surface area contributed by atoms with Gasteiger partial charge in [-0.2, -0.15) is 0 Å². The third-order valence-electron chi connectivity index (χ3n) is 3.57. The molecule has 0 aromatic carbocycles. The van der Waals surface area contributed by atoms with E-state index in [2.05, 4.69) is 18.7 Å². The van der Waals surface area contributed by atoms with Crippen LogP contribution in [0.25, 0.3) is 0 Å². The van der Waals surface area contributed by atoms with Crippen molar-refractivity contribution in [1.82, 2.24) is 4.90 Å². The van der Waals surface area contributed by atoms with Crippen molar-refractivity contribution in [3.05, 3.63) is 0 Å². The maximum atomic E-state index is 6.22. The maximum Gasteiger partial charge on any atom is 0.0622 e. The van der Waals surface area contributed by atoms with Crippen molar-refractivity contribution in [2.75, 3.05) is 26.3 Å². The Kier molecular flexibility index (Phi) is 2.34. The zero-order chi connectivity index (χ0) is 9.47. The molecule has 0 aromatic heterocycles. The molecule has 2 saturated heterocycles. The summed E-state index contributed by atoms with van der Waals surface area (Å²) >= 11 is 0. The third-order valence-corrected chi connectivity index (χ3v) is 3.57. The van der Waals surface area contributed by atoms with Gasteiger partial charge >= 0.3 is 0 Å². The van der Waals surface area contributed by atoms with E-state index in [9.17, 15) is 0 Å². The van der Waals surface area contributed by atoms with Gasteiger partial charge in [0.1, 0.15) is 0 Å². The van der Waals surface area contributed by atoms with Crippen LogP contribution in [-0.2, 0) is 4.74 Å². The summed E-state index contributed by atoms with van der Waals surface area (Å²) in [6.45, 7) is 8.37. The first kappa shape index (κ1) is 9.44. The summed E-state index contributed by atoms with van der Waals surface area (Å²) in [7, 11) is 0. The van der Waals surface area contributed by atoms with E-state index >= 15 is 0 Å². The molecular formula is C10H20N2O. The number of ether oxygens (including phenoxy) is 1. The molecule has 2 fully saturated rings. The van der Waals surface area contributed by atoms with Gasteiger partial charge in [0.15, 0.2) is 0 Å². The lowest BCUT2D eigenvalue weighted by molar-refractivity contribution is -0.000479. The third kappa shape index (κ3) is 1.60. The zero-order valence-corrected chi connectivity index (χ0v) is 8.62. The summed E-state index contributed by atoms with van der Waals surface area (Å²) in [4.78, 5) is 2.47. The van der Waals surface area contributed by atoms with Gasteiger partial charge in [-0.15, -0.1) is 0 Å². The van der Waals surface area contributed by atoms with E-state index in [-0.39, 0.29) is 5.54 Å². The van der Waals surface area contributed by atoms with Crippen molar-refractivity contribution in [1.29, 1.82) is 0 Å². The molecule has 3 heteroatoms. The minimum atomic E-state index is 0.0720. The van der Waals surface area contributed by atoms with Crippen LogP contribution in [0, 0.1) is 5.92 Å². The summed E-state index contributed by atoms with van der Waals surface area (Å²) < 4.78 is 5.36. The summed E-state index contributed by atoms with van der Waals surface area (Å²) in [6.07, 6.45) is 1.19. The first-order valence-corrected chi connectivity index (χ1v) is 5.22. The van der Waals surface area contributed by atoms with Crippen molar-refractivity contribution in [3.8, 4) is 0 Å². The quantitative estimate of drug-likeness (QED) is 0.677. The minimum absolute atomic E-state index is 0.0720. The highest BCUT2D eigenvalue weighted by molar-refractivity contribution is 5.04. The van der Waals surface area contributed by atoms with Crippen LogP contribution in [0.15, 0.2) is 0 Å². The van der Waals surface area contributed by atoms with Crippen LogP contribution in [0.5, 0.6) is 0 Å². The Hall–Kier alpha value is -0.120. The molecular weight excluding hydrogens is 164 g/mol. The summed E-state index contributed by atoms with van der Waals surface area (Å²) in [5.74, 6) is 0.589. The van der Waals surface area contributed by atoms with Gasteiger partial charge in [0, 0.05) is 31.3 Å². The van der Waals surface area contributed by atoms with Crippen molar-refractivity contribution in [2.24, 2.45) is 11.7 Å². The Bertz CT molecular complexity index is 181. The molecule has 3 nitrogen and oxygen atoms in total. The molecule has 0 aromatic rings. The molecule has 2 aliphatic rings. The van der Waals surface area contributed by atoms with Crippen LogP contribution in [0.3, 0.4) is 0 Å². The molecule has 76 valence electrons. The standard InChI is InChI=1S/C10H20N2O/c1-8(2)10(11)6-12(7-10)9-3-4-13-5-9/h8-9H,3-7,11H2,1-2H3. The lowest BCUT2D eigenvalue weighted by Gasteiger charge is -2.52. The van der Waals surface area contributed by atoms with Crippen molar-refractivity contribution in [2.45, 2.75) is 31.8 Å². The van der Waals surface area contributed by atoms with Crippen LogP contribution in [-0.4, -0.2) is 42.8 Å². The number of likely N-dealkylation sites (tertiary alicyclic amines) is 1. The van der Waals surface area contributed by atoms with Gasteiger partial charge in [0.25, 0.3) is 0 Å². The largest absolute Gasteiger partial charge is 0.380 e. The Morgan fingerprint density at radius 2 is 2.15 bits per heavy atom. The molecule has 2 aliphatic heterocycles. The van der Waals surface area contributed by atoms with Crippen LogP contribution >= 0.6 is 0 Å². The zero-order valence-electron chi connectivity index (χ0n) is 8.62. The molecule has 0 spiro atoms. The molecule has 0 amide bonds. The molecule has 13 heavy (non-hydrogen) atoms. The molecule has 1 atom stereocenters. The summed E-state index contributed by atoms with van der Waals surface area (Å²) in [5, 5.41) is 0. The molecule has 2 rings (SSSR count). The molecule has 0 saturated carbocycles.